The number of para-hydroxylation sites is 2. The minimum absolute atomic E-state index is 0.329. The van der Waals surface area contributed by atoms with Crippen molar-refractivity contribution in [2.45, 2.75) is 0 Å². The fraction of sp³-hybridized carbons (Fsp3) is 0. The molecule has 0 spiro atoms. The van der Waals surface area contributed by atoms with Crippen LogP contribution in [0.1, 0.15) is 0 Å². The Hall–Kier alpha value is -4.12. The second-order valence-electron chi connectivity index (χ2n) is 6.64. The third kappa shape index (κ3) is 3.30. The summed E-state index contributed by atoms with van der Waals surface area (Å²) in [7, 11) is 0. The minimum atomic E-state index is -0.329. The molecular weight excluding hydrogens is 362 g/mol. The number of urea groups is 1. The van der Waals surface area contributed by atoms with E-state index in [0.717, 1.165) is 33.1 Å². The number of hydrogen-bond acceptors (Lipinski definition) is 3. The second kappa shape index (κ2) is 7.13. The van der Waals surface area contributed by atoms with Gasteiger partial charge in [0, 0.05) is 11.1 Å². The van der Waals surface area contributed by atoms with E-state index in [1.54, 1.807) is 0 Å². The molecule has 0 fully saturated rings. The number of aromatic nitrogens is 1. The van der Waals surface area contributed by atoms with Crippen LogP contribution in [0.4, 0.5) is 16.2 Å². The average molecular weight is 379 g/mol. The lowest BCUT2D eigenvalue weighted by Crippen LogP contribution is -2.19. The number of nitrogens with zero attached hydrogens (tertiary/aromatic N) is 1. The number of carbonyl (C=O) groups is 1. The van der Waals surface area contributed by atoms with E-state index in [4.69, 9.17) is 4.42 Å². The Labute approximate surface area is 167 Å². The van der Waals surface area contributed by atoms with E-state index in [2.05, 4.69) is 15.6 Å². The number of hydrogen-bond donors (Lipinski definition) is 2. The van der Waals surface area contributed by atoms with Crippen LogP contribution < -0.4 is 10.6 Å². The van der Waals surface area contributed by atoms with Crippen LogP contribution in [-0.4, -0.2) is 11.0 Å². The van der Waals surface area contributed by atoms with E-state index in [1.165, 1.54) is 0 Å². The van der Waals surface area contributed by atoms with Crippen molar-refractivity contribution in [3.05, 3.63) is 91.0 Å². The predicted molar refractivity (Wildman–Crippen MR) is 116 cm³/mol. The Kier molecular flexibility index (Phi) is 4.18. The van der Waals surface area contributed by atoms with Crippen LogP contribution in [0.2, 0.25) is 0 Å². The first-order chi connectivity index (χ1) is 14.3. The SMILES string of the molecule is O=C(Nc1ccccc1)Nc1ccccc1-c1nc2ccc3ccccc3c2o1. The smallest absolute Gasteiger partial charge is 0.323 e. The molecule has 5 rings (SSSR count). The third-order valence-corrected chi connectivity index (χ3v) is 4.72. The van der Waals surface area contributed by atoms with Crippen LogP contribution in [0.15, 0.2) is 95.4 Å². The van der Waals surface area contributed by atoms with Gasteiger partial charge in [0.2, 0.25) is 5.89 Å². The Morgan fingerprint density at radius 2 is 1.52 bits per heavy atom. The lowest BCUT2D eigenvalue weighted by molar-refractivity contribution is 0.262. The first kappa shape index (κ1) is 17.0. The summed E-state index contributed by atoms with van der Waals surface area (Å²) in [5.74, 6) is 0.465. The first-order valence-electron chi connectivity index (χ1n) is 9.29. The average Bonchev–Trinajstić information content (AvgIpc) is 3.19. The first-order valence-corrected chi connectivity index (χ1v) is 9.29. The fourth-order valence-corrected chi connectivity index (χ4v) is 3.36. The van der Waals surface area contributed by atoms with E-state index in [-0.39, 0.29) is 6.03 Å². The monoisotopic (exact) mass is 379 g/mol. The molecule has 2 N–H and O–H groups in total. The van der Waals surface area contributed by atoms with Gasteiger partial charge in [-0.15, -0.1) is 0 Å². The van der Waals surface area contributed by atoms with Crippen molar-refractivity contribution >= 4 is 39.3 Å². The van der Waals surface area contributed by atoms with Gasteiger partial charge in [0.15, 0.2) is 5.58 Å². The molecule has 5 heteroatoms. The number of nitrogens with one attached hydrogen (secondary N) is 2. The molecule has 0 aliphatic rings. The van der Waals surface area contributed by atoms with Crippen molar-refractivity contribution in [2.75, 3.05) is 10.6 Å². The van der Waals surface area contributed by atoms with Gasteiger partial charge in [-0.3, -0.25) is 0 Å². The predicted octanol–water partition coefficient (Wildman–Crippen LogP) is 6.29. The zero-order valence-corrected chi connectivity index (χ0v) is 15.4. The summed E-state index contributed by atoms with van der Waals surface area (Å²) in [5.41, 5.74) is 3.58. The molecule has 4 aromatic carbocycles. The van der Waals surface area contributed by atoms with Crippen molar-refractivity contribution in [1.82, 2.24) is 4.98 Å². The van der Waals surface area contributed by atoms with Gasteiger partial charge in [-0.25, -0.2) is 9.78 Å². The molecule has 140 valence electrons. The largest absolute Gasteiger partial charge is 0.435 e. The number of amides is 2. The van der Waals surface area contributed by atoms with E-state index in [0.29, 0.717) is 11.6 Å². The number of fused-ring (bicyclic) bond motifs is 3. The summed E-state index contributed by atoms with van der Waals surface area (Å²) >= 11 is 0. The maximum Gasteiger partial charge on any atom is 0.323 e. The van der Waals surface area contributed by atoms with Crippen LogP contribution in [0, 0.1) is 0 Å². The van der Waals surface area contributed by atoms with E-state index >= 15 is 0 Å². The summed E-state index contributed by atoms with van der Waals surface area (Å²) in [6, 6.07) is 28.4. The quantitative estimate of drug-likeness (QED) is 0.387. The molecule has 0 aliphatic heterocycles. The van der Waals surface area contributed by atoms with Gasteiger partial charge in [-0.2, -0.15) is 0 Å². The molecule has 1 heterocycles. The summed E-state index contributed by atoms with van der Waals surface area (Å²) in [5, 5.41) is 7.81. The molecule has 5 aromatic rings. The number of oxazole rings is 1. The maximum atomic E-state index is 12.4. The third-order valence-electron chi connectivity index (χ3n) is 4.72. The zero-order chi connectivity index (χ0) is 19.6. The molecule has 0 bridgehead atoms. The van der Waals surface area contributed by atoms with Gasteiger partial charge in [0.1, 0.15) is 5.52 Å². The second-order valence-corrected chi connectivity index (χ2v) is 6.64. The molecule has 2 amide bonds. The molecule has 0 aliphatic carbocycles. The van der Waals surface area contributed by atoms with Crippen molar-refractivity contribution < 1.29 is 9.21 Å². The van der Waals surface area contributed by atoms with Crippen molar-refractivity contribution in [1.29, 1.82) is 0 Å². The fourth-order valence-electron chi connectivity index (χ4n) is 3.36. The zero-order valence-electron chi connectivity index (χ0n) is 15.4. The number of carbonyl (C=O) groups excluding carboxylic acids is 1. The van der Waals surface area contributed by atoms with Gasteiger partial charge >= 0.3 is 6.03 Å². The molecule has 0 saturated heterocycles. The summed E-state index contributed by atoms with van der Waals surface area (Å²) in [4.78, 5) is 17.1. The van der Waals surface area contributed by atoms with Crippen LogP contribution in [-0.2, 0) is 0 Å². The van der Waals surface area contributed by atoms with E-state index in [1.807, 2.05) is 91.0 Å². The number of rotatable bonds is 3. The van der Waals surface area contributed by atoms with Crippen LogP contribution in [0.25, 0.3) is 33.3 Å². The number of anilines is 2. The molecule has 5 nitrogen and oxygen atoms in total. The molecule has 0 radical (unpaired) electrons. The molecule has 0 saturated carbocycles. The lowest BCUT2D eigenvalue weighted by atomic mass is 10.1. The van der Waals surface area contributed by atoms with Gasteiger partial charge in [-0.1, -0.05) is 60.7 Å². The number of benzene rings is 4. The van der Waals surface area contributed by atoms with Crippen molar-refractivity contribution in [3.63, 3.8) is 0 Å². The summed E-state index contributed by atoms with van der Waals surface area (Å²) in [6.07, 6.45) is 0. The Morgan fingerprint density at radius 1 is 0.759 bits per heavy atom. The standard InChI is InChI=1S/C24H17N3O2/c28-24(25-17-9-2-1-3-10-17)27-20-13-7-6-12-19(20)23-26-21-15-14-16-8-4-5-11-18(16)22(21)29-23/h1-15H,(H2,25,27,28). The Morgan fingerprint density at radius 3 is 2.41 bits per heavy atom. The highest BCUT2D eigenvalue weighted by molar-refractivity contribution is 6.05. The van der Waals surface area contributed by atoms with E-state index < -0.39 is 0 Å². The van der Waals surface area contributed by atoms with Crippen molar-refractivity contribution in [2.24, 2.45) is 0 Å². The normalized spacial score (nSPS) is 10.9. The summed E-state index contributed by atoms with van der Waals surface area (Å²) in [6.45, 7) is 0. The van der Waals surface area contributed by atoms with Gasteiger partial charge < -0.3 is 15.1 Å². The summed E-state index contributed by atoms with van der Waals surface area (Å²) < 4.78 is 6.13. The molecule has 29 heavy (non-hydrogen) atoms. The molecule has 0 unspecified atom stereocenters. The van der Waals surface area contributed by atoms with Gasteiger partial charge in [-0.05, 0) is 35.7 Å². The highest BCUT2D eigenvalue weighted by Gasteiger charge is 2.15. The Bertz CT molecular complexity index is 1330. The highest BCUT2D eigenvalue weighted by Crippen LogP contribution is 2.33. The molecular formula is C24H17N3O2. The Balaban J connectivity index is 1.50. The highest BCUT2D eigenvalue weighted by atomic mass is 16.3. The van der Waals surface area contributed by atoms with Gasteiger partial charge in [0.25, 0.3) is 0 Å². The topological polar surface area (TPSA) is 67.2 Å². The minimum Gasteiger partial charge on any atom is -0.435 e. The van der Waals surface area contributed by atoms with E-state index in [9.17, 15) is 4.79 Å². The van der Waals surface area contributed by atoms with Gasteiger partial charge in [0.05, 0.1) is 11.3 Å². The van der Waals surface area contributed by atoms with Crippen LogP contribution in [0.3, 0.4) is 0 Å². The van der Waals surface area contributed by atoms with Crippen LogP contribution in [0.5, 0.6) is 0 Å². The molecule has 0 atom stereocenters. The molecule has 1 aromatic heterocycles. The van der Waals surface area contributed by atoms with Crippen molar-refractivity contribution in [3.8, 4) is 11.5 Å². The van der Waals surface area contributed by atoms with Crippen LogP contribution >= 0.6 is 0 Å². The lowest BCUT2D eigenvalue weighted by Gasteiger charge is -2.10. The maximum absolute atomic E-state index is 12.4.